The smallest absolute Gasteiger partial charge is 0.0455 e. The van der Waals surface area contributed by atoms with Crippen LogP contribution in [0.5, 0.6) is 0 Å². The zero-order valence-electron chi connectivity index (χ0n) is 9.10. The fourth-order valence-corrected chi connectivity index (χ4v) is 1.40. The quantitative estimate of drug-likeness (QED) is 0.791. The average Bonchev–Trinajstić information content (AvgIpc) is 2.20. The van der Waals surface area contributed by atoms with Gasteiger partial charge in [0.2, 0.25) is 0 Å². The van der Waals surface area contributed by atoms with Gasteiger partial charge in [-0.1, -0.05) is 37.9 Å². The number of halogens is 1. The highest BCUT2D eigenvalue weighted by atomic mass is 35.5. The van der Waals surface area contributed by atoms with Crippen LogP contribution in [-0.2, 0) is 0 Å². The second kappa shape index (κ2) is 5.26. The van der Waals surface area contributed by atoms with E-state index >= 15 is 0 Å². The molecule has 0 saturated heterocycles. The third-order valence-corrected chi connectivity index (χ3v) is 3.02. The number of hydrogen-bond donors (Lipinski definition) is 1. The molecule has 0 bridgehead atoms. The predicted octanol–water partition coefficient (Wildman–Crippen LogP) is 4.11. The first-order chi connectivity index (χ1) is 6.65. The lowest BCUT2D eigenvalue weighted by molar-refractivity contribution is 0.593. The first-order valence-corrected chi connectivity index (χ1v) is 5.52. The minimum Gasteiger partial charge on any atom is -0.385 e. The molecule has 0 aromatic heterocycles. The molecule has 0 aliphatic heterocycles. The number of nitrogens with one attached hydrogen (secondary N) is 1. The molecule has 0 spiro atoms. The zero-order valence-corrected chi connectivity index (χ0v) is 9.86. The van der Waals surface area contributed by atoms with Gasteiger partial charge in [-0.05, 0) is 30.5 Å². The summed E-state index contributed by atoms with van der Waals surface area (Å²) in [6.07, 6.45) is 1.20. The van der Waals surface area contributed by atoms with Crippen LogP contribution in [-0.4, -0.2) is 6.54 Å². The van der Waals surface area contributed by atoms with E-state index < -0.39 is 0 Å². The van der Waals surface area contributed by atoms with E-state index in [1.807, 2.05) is 19.1 Å². The van der Waals surface area contributed by atoms with Gasteiger partial charge in [0.15, 0.2) is 0 Å². The van der Waals surface area contributed by atoms with E-state index in [1.54, 1.807) is 0 Å². The molecule has 1 atom stereocenters. The van der Waals surface area contributed by atoms with Gasteiger partial charge in [-0.15, -0.1) is 0 Å². The largest absolute Gasteiger partial charge is 0.385 e. The number of hydrogen-bond acceptors (Lipinski definition) is 1. The molecular weight excluding hydrogens is 194 g/mol. The van der Waals surface area contributed by atoms with Crippen molar-refractivity contribution >= 4 is 17.3 Å². The fourth-order valence-electron chi connectivity index (χ4n) is 1.23. The van der Waals surface area contributed by atoms with Gasteiger partial charge in [0.05, 0.1) is 0 Å². The summed E-state index contributed by atoms with van der Waals surface area (Å²) in [5.74, 6) is 0.702. The standard InChI is InChI=1S/C12H18ClN/c1-4-9(2)8-14-12-7-5-6-11(13)10(12)3/h5-7,9,14H,4,8H2,1-3H3. The van der Waals surface area contributed by atoms with Crippen LogP contribution in [0.25, 0.3) is 0 Å². The summed E-state index contributed by atoms with van der Waals surface area (Å²) >= 11 is 6.02. The van der Waals surface area contributed by atoms with E-state index in [2.05, 4.69) is 25.2 Å². The lowest BCUT2D eigenvalue weighted by atomic mass is 10.1. The van der Waals surface area contributed by atoms with Gasteiger partial charge in [0.25, 0.3) is 0 Å². The van der Waals surface area contributed by atoms with E-state index in [0.29, 0.717) is 5.92 Å². The van der Waals surface area contributed by atoms with Gasteiger partial charge >= 0.3 is 0 Å². The lowest BCUT2D eigenvalue weighted by Gasteiger charge is -2.13. The molecule has 0 aliphatic carbocycles. The van der Waals surface area contributed by atoms with E-state index in [9.17, 15) is 0 Å². The summed E-state index contributed by atoms with van der Waals surface area (Å²) < 4.78 is 0. The summed E-state index contributed by atoms with van der Waals surface area (Å²) in [6.45, 7) is 7.50. The molecule has 0 aliphatic rings. The van der Waals surface area contributed by atoms with Gasteiger partial charge < -0.3 is 5.32 Å². The Hall–Kier alpha value is -0.690. The van der Waals surface area contributed by atoms with Crippen LogP contribution < -0.4 is 5.32 Å². The maximum atomic E-state index is 6.02. The maximum absolute atomic E-state index is 6.02. The summed E-state index contributed by atoms with van der Waals surface area (Å²) in [7, 11) is 0. The molecule has 1 unspecified atom stereocenters. The monoisotopic (exact) mass is 211 g/mol. The van der Waals surface area contributed by atoms with Crippen molar-refractivity contribution in [2.24, 2.45) is 5.92 Å². The lowest BCUT2D eigenvalue weighted by Crippen LogP contribution is -2.10. The molecule has 78 valence electrons. The Morgan fingerprint density at radius 1 is 1.43 bits per heavy atom. The van der Waals surface area contributed by atoms with Crippen LogP contribution in [0.2, 0.25) is 5.02 Å². The molecule has 1 aromatic carbocycles. The molecule has 0 saturated carbocycles. The predicted molar refractivity (Wildman–Crippen MR) is 64.1 cm³/mol. The van der Waals surface area contributed by atoms with Gasteiger partial charge in [0, 0.05) is 17.3 Å². The van der Waals surface area contributed by atoms with Crippen LogP contribution in [0.3, 0.4) is 0 Å². The minimum absolute atomic E-state index is 0.702. The van der Waals surface area contributed by atoms with E-state index in [-0.39, 0.29) is 0 Å². The van der Waals surface area contributed by atoms with Crippen molar-refractivity contribution in [2.45, 2.75) is 27.2 Å². The molecule has 0 amide bonds. The highest BCUT2D eigenvalue weighted by Gasteiger charge is 2.02. The first kappa shape index (κ1) is 11.4. The van der Waals surface area contributed by atoms with Gasteiger partial charge in [-0.25, -0.2) is 0 Å². The Balaban J connectivity index is 2.63. The SMILES string of the molecule is CCC(C)CNc1cccc(Cl)c1C. The summed E-state index contributed by atoms with van der Waals surface area (Å²) in [4.78, 5) is 0. The van der Waals surface area contributed by atoms with Crippen LogP contribution in [0, 0.1) is 12.8 Å². The van der Waals surface area contributed by atoms with Crippen molar-refractivity contribution < 1.29 is 0 Å². The van der Waals surface area contributed by atoms with Crippen molar-refractivity contribution in [3.8, 4) is 0 Å². The average molecular weight is 212 g/mol. The summed E-state index contributed by atoms with van der Waals surface area (Å²) in [6, 6.07) is 5.98. The van der Waals surface area contributed by atoms with Crippen LogP contribution in [0.1, 0.15) is 25.8 Å². The van der Waals surface area contributed by atoms with Crippen molar-refractivity contribution in [1.82, 2.24) is 0 Å². The molecule has 0 radical (unpaired) electrons. The normalized spacial score (nSPS) is 12.6. The Morgan fingerprint density at radius 2 is 2.14 bits per heavy atom. The molecule has 2 heteroatoms. The van der Waals surface area contributed by atoms with Crippen molar-refractivity contribution in [2.75, 3.05) is 11.9 Å². The van der Waals surface area contributed by atoms with E-state index in [4.69, 9.17) is 11.6 Å². The van der Waals surface area contributed by atoms with Crippen molar-refractivity contribution in [3.05, 3.63) is 28.8 Å². The second-order valence-electron chi connectivity index (χ2n) is 3.81. The Kier molecular flexibility index (Phi) is 4.27. The molecule has 0 heterocycles. The second-order valence-corrected chi connectivity index (χ2v) is 4.21. The summed E-state index contributed by atoms with van der Waals surface area (Å²) in [5.41, 5.74) is 2.29. The van der Waals surface area contributed by atoms with Crippen LogP contribution >= 0.6 is 11.6 Å². The van der Waals surface area contributed by atoms with Crippen LogP contribution in [0.4, 0.5) is 5.69 Å². The van der Waals surface area contributed by atoms with Crippen LogP contribution in [0.15, 0.2) is 18.2 Å². The fraction of sp³-hybridized carbons (Fsp3) is 0.500. The van der Waals surface area contributed by atoms with E-state index in [0.717, 1.165) is 22.8 Å². The molecule has 1 aromatic rings. The number of rotatable bonds is 4. The highest BCUT2D eigenvalue weighted by Crippen LogP contribution is 2.23. The zero-order chi connectivity index (χ0) is 10.6. The maximum Gasteiger partial charge on any atom is 0.0455 e. The molecule has 14 heavy (non-hydrogen) atoms. The minimum atomic E-state index is 0.702. The number of benzene rings is 1. The molecular formula is C12H18ClN. The Bertz CT molecular complexity index is 296. The molecule has 1 N–H and O–H groups in total. The molecule has 1 rings (SSSR count). The molecule has 0 fully saturated rings. The first-order valence-electron chi connectivity index (χ1n) is 5.14. The highest BCUT2D eigenvalue weighted by molar-refractivity contribution is 6.31. The molecule has 1 nitrogen and oxygen atoms in total. The Labute approximate surface area is 91.5 Å². The Morgan fingerprint density at radius 3 is 2.79 bits per heavy atom. The van der Waals surface area contributed by atoms with E-state index in [1.165, 1.54) is 6.42 Å². The summed E-state index contributed by atoms with van der Waals surface area (Å²) in [5, 5.41) is 4.25. The van der Waals surface area contributed by atoms with Gasteiger partial charge in [-0.2, -0.15) is 0 Å². The third-order valence-electron chi connectivity index (χ3n) is 2.61. The third kappa shape index (κ3) is 2.91. The van der Waals surface area contributed by atoms with Gasteiger partial charge in [0.1, 0.15) is 0 Å². The number of anilines is 1. The van der Waals surface area contributed by atoms with Crippen molar-refractivity contribution in [1.29, 1.82) is 0 Å². The topological polar surface area (TPSA) is 12.0 Å². The van der Waals surface area contributed by atoms with Crippen molar-refractivity contribution in [3.63, 3.8) is 0 Å². The van der Waals surface area contributed by atoms with Gasteiger partial charge in [-0.3, -0.25) is 0 Å².